The molecular weight excluding hydrogens is 154 g/mol. The highest BCUT2D eigenvalue weighted by Crippen LogP contribution is 2.08. The third-order valence-corrected chi connectivity index (χ3v) is 2.35. The van der Waals surface area contributed by atoms with Crippen LogP contribution in [0.1, 0.15) is 27.2 Å². The van der Waals surface area contributed by atoms with Crippen LogP contribution in [0.2, 0.25) is 0 Å². The van der Waals surface area contributed by atoms with E-state index in [0.717, 1.165) is 18.5 Å². The van der Waals surface area contributed by atoms with E-state index < -0.39 is 0 Å². The maximum atomic E-state index is 3.49. The first-order chi connectivity index (χ1) is 5.20. The number of thioether (sulfide) groups is 1. The molecule has 0 saturated carbocycles. The number of hydrogen-bond acceptors (Lipinski definition) is 2. The molecule has 0 aliphatic rings. The third-order valence-electron chi connectivity index (χ3n) is 1.62. The minimum absolute atomic E-state index is 0.718. The molecule has 0 radical (unpaired) electrons. The van der Waals surface area contributed by atoms with Crippen LogP contribution in [-0.2, 0) is 0 Å². The van der Waals surface area contributed by atoms with E-state index in [2.05, 4.69) is 32.3 Å². The van der Waals surface area contributed by atoms with E-state index in [1.54, 1.807) is 0 Å². The summed E-state index contributed by atoms with van der Waals surface area (Å²) in [6.45, 7) is 7.83. The highest BCUT2D eigenvalue weighted by Gasteiger charge is 2.07. The van der Waals surface area contributed by atoms with Gasteiger partial charge in [0.15, 0.2) is 0 Å². The lowest BCUT2D eigenvalue weighted by Crippen LogP contribution is -2.32. The summed E-state index contributed by atoms with van der Waals surface area (Å²) < 4.78 is 0. The summed E-state index contributed by atoms with van der Waals surface area (Å²) in [5, 5.41) is 3.49. The van der Waals surface area contributed by atoms with E-state index in [4.69, 9.17) is 0 Å². The first-order valence-electron chi connectivity index (χ1n) is 4.43. The molecule has 0 rings (SSSR count). The minimum Gasteiger partial charge on any atom is -0.313 e. The van der Waals surface area contributed by atoms with Crippen molar-refractivity contribution in [1.82, 2.24) is 5.32 Å². The smallest absolute Gasteiger partial charge is 0.0160 e. The van der Waals surface area contributed by atoms with E-state index in [0.29, 0.717) is 0 Å². The Kier molecular flexibility index (Phi) is 7.18. The van der Waals surface area contributed by atoms with Crippen molar-refractivity contribution in [3.05, 3.63) is 0 Å². The zero-order chi connectivity index (χ0) is 8.69. The van der Waals surface area contributed by atoms with Gasteiger partial charge in [0.1, 0.15) is 0 Å². The van der Waals surface area contributed by atoms with Crippen molar-refractivity contribution < 1.29 is 0 Å². The molecule has 0 aromatic heterocycles. The van der Waals surface area contributed by atoms with Crippen molar-refractivity contribution >= 4 is 11.8 Å². The Morgan fingerprint density at radius 1 is 1.36 bits per heavy atom. The first kappa shape index (κ1) is 11.3. The van der Waals surface area contributed by atoms with Gasteiger partial charge in [-0.1, -0.05) is 20.8 Å². The number of nitrogens with one attached hydrogen (secondary N) is 1. The van der Waals surface area contributed by atoms with Crippen molar-refractivity contribution in [3.8, 4) is 0 Å². The summed E-state index contributed by atoms with van der Waals surface area (Å²) in [4.78, 5) is 0. The molecule has 1 N–H and O–H groups in total. The molecule has 0 heterocycles. The van der Waals surface area contributed by atoms with Crippen molar-refractivity contribution in [2.45, 2.75) is 33.2 Å². The van der Waals surface area contributed by atoms with Gasteiger partial charge >= 0.3 is 0 Å². The minimum atomic E-state index is 0.718. The van der Waals surface area contributed by atoms with Gasteiger partial charge in [0.25, 0.3) is 0 Å². The van der Waals surface area contributed by atoms with E-state index in [1.165, 1.54) is 12.2 Å². The van der Waals surface area contributed by atoms with Crippen molar-refractivity contribution in [2.75, 3.05) is 18.6 Å². The average molecular weight is 175 g/mol. The predicted molar refractivity (Wildman–Crippen MR) is 55.3 cm³/mol. The van der Waals surface area contributed by atoms with Gasteiger partial charge in [-0.3, -0.25) is 0 Å². The molecule has 0 aromatic carbocycles. The third kappa shape index (κ3) is 6.70. The van der Waals surface area contributed by atoms with Crippen LogP contribution in [0.25, 0.3) is 0 Å². The Balaban J connectivity index is 3.50. The fourth-order valence-electron chi connectivity index (χ4n) is 1.27. The Labute approximate surface area is 75.3 Å². The summed E-state index contributed by atoms with van der Waals surface area (Å²) in [7, 11) is 0. The van der Waals surface area contributed by atoms with Crippen LogP contribution in [-0.4, -0.2) is 24.6 Å². The van der Waals surface area contributed by atoms with Crippen LogP contribution in [0.3, 0.4) is 0 Å². The Bertz CT molecular complexity index is 77.6. The lowest BCUT2D eigenvalue weighted by Gasteiger charge is -2.18. The fraction of sp³-hybridized carbons (Fsp3) is 1.00. The molecule has 0 spiro atoms. The summed E-state index contributed by atoms with van der Waals surface area (Å²) in [5.41, 5.74) is 0. The SMILES string of the molecule is CCNC(CSC)CC(C)C. The largest absolute Gasteiger partial charge is 0.313 e. The fourth-order valence-corrected chi connectivity index (χ4v) is 1.93. The second-order valence-corrected chi connectivity index (χ2v) is 4.25. The van der Waals surface area contributed by atoms with Crippen LogP contribution in [0.15, 0.2) is 0 Å². The lowest BCUT2D eigenvalue weighted by molar-refractivity contribution is 0.456. The zero-order valence-electron chi connectivity index (χ0n) is 8.18. The van der Waals surface area contributed by atoms with Gasteiger partial charge in [-0.15, -0.1) is 0 Å². The van der Waals surface area contributed by atoms with E-state index in [1.807, 2.05) is 11.8 Å². The molecule has 0 saturated heterocycles. The number of rotatable bonds is 6. The molecular formula is C9H21NS. The van der Waals surface area contributed by atoms with Crippen LogP contribution in [0.5, 0.6) is 0 Å². The Hall–Kier alpha value is 0.310. The predicted octanol–water partition coefficient (Wildman–Crippen LogP) is 2.37. The molecule has 1 nitrogen and oxygen atoms in total. The highest BCUT2D eigenvalue weighted by molar-refractivity contribution is 7.98. The van der Waals surface area contributed by atoms with Crippen LogP contribution >= 0.6 is 11.8 Å². The second kappa shape index (κ2) is 6.99. The van der Waals surface area contributed by atoms with Gasteiger partial charge < -0.3 is 5.32 Å². The van der Waals surface area contributed by atoms with Gasteiger partial charge in [-0.25, -0.2) is 0 Å². The monoisotopic (exact) mass is 175 g/mol. The van der Waals surface area contributed by atoms with Crippen LogP contribution in [0.4, 0.5) is 0 Å². The first-order valence-corrected chi connectivity index (χ1v) is 5.82. The quantitative estimate of drug-likeness (QED) is 0.665. The molecule has 11 heavy (non-hydrogen) atoms. The Morgan fingerprint density at radius 3 is 2.36 bits per heavy atom. The number of hydrogen-bond donors (Lipinski definition) is 1. The molecule has 0 fully saturated rings. The molecule has 0 amide bonds. The zero-order valence-corrected chi connectivity index (χ0v) is 9.00. The molecule has 68 valence electrons. The standard InChI is InChI=1S/C9H21NS/c1-5-10-9(7-11-4)6-8(2)3/h8-10H,5-7H2,1-4H3. The van der Waals surface area contributed by atoms with Gasteiger partial charge in [0.2, 0.25) is 0 Å². The molecule has 0 aromatic rings. The summed E-state index contributed by atoms with van der Waals surface area (Å²) in [5.74, 6) is 2.05. The summed E-state index contributed by atoms with van der Waals surface area (Å²) in [6, 6.07) is 0.718. The molecule has 2 heteroatoms. The molecule has 0 bridgehead atoms. The van der Waals surface area contributed by atoms with E-state index >= 15 is 0 Å². The van der Waals surface area contributed by atoms with Crippen LogP contribution < -0.4 is 5.32 Å². The maximum absolute atomic E-state index is 3.49. The van der Waals surface area contributed by atoms with Gasteiger partial charge in [-0.2, -0.15) is 11.8 Å². The normalized spacial score (nSPS) is 13.9. The maximum Gasteiger partial charge on any atom is 0.0160 e. The van der Waals surface area contributed by atoms with Gasteiger partial charge in [-0.05, 0) is 25.1 Å². The second-order valence-electron chi connectivity index (χ2n) is 3.34. The molecule has 0 aliphatic heterocycles. The molecule has 0 aliphatic carbocycles. The summed E-state index contributed by atoms with van der Waals surface area (Å²) in [6.07, 6.45) is 3.47. The highest BCUT2D eigenvalue weighted by atomic mass is 32.2. The molecule has 1 atom stereocenters. The van der Waals surface area contributed by atoms with Crippen molar-refractivity contribution in [2.24, 2.45) is 5.92 Å². The van der Waals surface area contributed by atoms with Crippen molar-refractivity contribution in [3.63, 3.8) is 0 Å². The lowest BCUT2D eigenvalue weighted by atomic mass is 10.1. The van der Waals surface area contributed by atoms with Gasteiger partial charge in [0.05, 0.1) is 0 Å². The van der Waals surface area contributed by atoms with Crippen LogP contribution in [0, 0.1) is 5.92 Å². The van der Waals surface area contributed by atoms with Gasteiger partial charge in [0, 0.05) is 11.8 Å². The van der Waals surface area contributed by atoms with E-state index in [-0.39, 0.29) is 0 Å². The molecule has 1 unspecified atom stereocenters. The Morgan fingerprint density at radius 2 is 2.00 bits per heavy atom. The average Bonchev–Trinajstić information content (AvgIpc) is 1.87. The topological polar surface area (TPSA) is 12.0 Å². The van der Waals surface area contributed by atoms with E-state index in [9.17, 15) is 0 Å². The summed E-state index contributed by atoms with van der Waals surface area (Å²) >= 11 is 1.93. The van der Waals surface area contributed by atoms with Crippen molar-refractivity contribution in [1.29, 1.82) is 0 Å².